The van der Waals surface area contributed by atoms with Gasteiger partial charge in [0.1, 0.15) is 0 Å². The Balaban J connectivity index is 0.000000461. The Kier molecular flexibility index (Phi) is 6.63. The van der Waals surface area contributed by atoms with Crippen molar-refractivity contribution in [3.05, 3.63) is 0 Å². The highest BCUT2D eigenvalue weighted by atomic mass is 15.2. The second-order valence-corrected chi connectivity index (χ2v) is 2.83. The van der Waals surface area contributed by atoms with Crippen LogP contribution in [0.1, 0.15) is 47.0 Å². The smallest absolute Gasteiger partial charge is 0.00929 e. The minimum Gasteiger partial charge on any atom is -0.301 e. The lowest BCUT2D eigenvalue weighted by Crippen LogP contribution is -2.28. The van der Waals surface area contributed by atoms with Crippen molar-refractivity contribution in [3.63, 3.8) is 0 Å². The highest BCUT2D eigenvalue weighted by Crippen LogP contribution is 2.18. The summed E-state index contributed by atoms with van der Waals surface area (Å²) in [5, 5.41) is 0. The number of nitrogens with zero attached hydrogens (tertiary/aromatic N) is 1. The average Bonchev–Trinajstić information content (AvgIpc) is 2.54. The highest BCUT2D eigenvalue weighted by molar-refractivity contribution is 4.76. The summed E-state index contributed by atoms with van der Waals surface area (Å²) < 4.78 is 0. The quantitative estimate of drug-likeness (QED) is 0.595. The predicted molar refractivity (Wildman–Crippen MR) is 51.9 cm³/mol. The van der Waals surface area contributed by atoms with Crippen LogP contribution in [0.5, 0.6) is 0 Å². The molecule has 0 saturated carbocycles. The van der Waals surface area contributed by atoms with Crippen LogP contribution in [0.4, 0.5) is 0 Å². The molecule has 1 saturated heterocycles. The van der Waals surface area contributed by atoms with Crippen molar-refractivity contribution in [1.82, 2.24) is 4.90 Å². The Bertz CT molecular complexity index is 70.9. The van der Waals surface area contributed by atoms with E-state index in [9.17, 15) is 0 Å². The molecule has 0 aliphatic carbocycles. The SMILES string of the molecule is CC.CCC1CCCN1CC. The van der Waals surface area contributed by atoms with Crippen molar-refractivity contribution in [3.8, 4) is 0 Å². The molecule has 1 aliphatic heterocycles. The van der Waals surface area contributed by atoms with E-state index in [-0.39, 0.29) is 0 Å². The molecule has 1 nitrogen and oxygen atoms in total. The minimum absolute atomic E-state index is 0.912. The highest BCUT2D eigenvalue weighted by Gasteiger charge is 2.20. The van der Waals surface area contributed by atoms with Gasteiger partial charge in [0.05, 0.1) is 0 Å². The van der Waals surface area contributed by atoms with Gasteiger partial charge in [-0.2, -0.15) is 0 Å². The monoisotopic (exact) mass is 157 g/mol. The van der Waals surface area contributed by atoms with Crippen molar-refractivity contribution in [1.29, 1.82) is 0 Å². The van der Waals surface area contributed by atoms with E-state index in [1.165, 1.54) is 32.4 Å². The fraction of sp³-hybridized carbons (Fsp3) is 1.00. The van der Waals surface area contributed by atoms with Gasteiger partial charge in [0.2, 0.25) is 0 Å². The van der Waals surface area contributed by atoms with Gasteiger partial charge < -0.3 is 4.90 Å². The van der Waals surface area contributed by atoms with Crippen LogP contribution in [0.2, 0.25) is 0 Å². The van der Waals surface area contributed by atoms with Gasteiger partial charge in [-0.25, -0.2) is 0 Å². The summed E-state index contributed by atoms with van der Waals surface area (Å²) in [4.78, 5) is 2.58. The van der Waals surface area contributed by atoms with Crippen LogP contribution in [0, 0.1) is 0 Å². The fourth-order valence-corrected chi connectivity index (χ4v) is 1.77. The van der Waals surface area contributed by atoms with Crippen LogP contribution in [0.15, 0.2) is 0 Å². The molecule has 1 rings (SSSR count). The number of rotatable bonds is 2. The maximum atomic E-state index is 2.58. The molecular formula is C10H23N. The third-order valence-electron chi connectivity index (χ3n) is 2.38. The van der Waals surface area contributed by atoms with Crippen LogP contribution in [0.25, 0.3) is 0 Å². The summed E-state index contributed by atoms with van der Waals surface area (Å²) in [7, 11) is 0. The van der Waals surface area contributed by atoms with E-state index in [1.807, 2.05) is 13.8 Å². The van der Waals surface area contributed by atoms with Crippen LogP contribution in [-0.4, -0.2) is 24.0 Å². The zero-order valence-electron chi connectivity index (χ0n) is 8.56. The van der Waals surface area contributed by atoms with E-state index in [0.717, 1.165) is 6.04 Å². The topological polar surface area (TPSA) is 3.24 Å². The van der Waals surface area contributed by atoms with E-state index in [0.29, 0.717) is 0 Å². The van der Waals surface area contributed by atoms with Gasteiger partial charge in [-0.1, -0.05) is 27.7 Å². The Morgan fingerprint density at radius 2 is 1.91 bits per heavy atom. The molecule has 1 heteroatoms. The summed E-state index contributed by atoms with van der Waals surface area (Å²) in [5.74, 6) is 0. The van der Waals surface area contributed by atoms with Gasteiger partial charge in [0.25, 0.3) is 0 Å². The minimum atomic E-state index is 0.912. The standard InChI is InChI=1S/C8H17N.C2H6/c1-3-8-6-5-7-9(8)4-2;1-2/h8H,3-7H2,1-2H3;1-2H3. The van der Waals surface area contributed by atoms with Crippen LogP contribution >= 0.6 is 0 Å². The molecule has 0 radical (unpaired) electrons. The summed E-state index contributed by atoms with van der Waals surface area (Å²) in [6, 6.07) is 0.912. The van der Waals surface area contributed by atoms with Crippen molar-refractivity contribution >= 4 is 0 Å². The Hall–Kier alpha value is -0.0400. The Labute approximate surface area is 71.8 Å². The van der Waals surface area contributed by atoms with Gasteiger partial charge in [-0.3, -0.25) is 0 Å². The fourth-order valence-electron chi connectivity index (χ4n) is 1.77. The zero-order valence-corrected chi connectivity index (χ0v) is 8.56. The van der Waals surface area contributed by atoms with Crippen molar-refractivity contribution < 1.29 is 0 Å². The first-order valence-corrected chi connectivity index (χ1v) is 5.12. The zero-order chi connectivity index (χ0) is 8.69. The Morgan fingerprint density at radius 3 is 2.27 bits per heavy atom. The normalized spacial score (nSPS) is 24.5. The summed E-state index contributed by atoms with van der Waals surface area (Å²) in [6.45, 7) is 11.1. The lowest BCUT2D eigenvalue weighted by atomic mass is 10.2. The van der Waals surface area contributed by atoms with Gasteiger partial charge >= 0.3 is 0 Å². The predicted octanol–water partition coefficient (Wildman–Crippen LogP) is 2.91. The maximum Gasteiger partial charge on any atom is 0.00929 e. The van der Waals surface area contributed by atoms with E-state index >= 15 is 0 Å². The molecule has 0 aromatic carbocycles. The van der Waals surface area contributed by atoms with Crippen LogP contribution in [0.3, 0.4) is 0 Å². The van der Waals surface area contributed by atoms with Crippen LogP contribution < -0.4 is 0 Å². The molecule has 68 valence electrons. The molecule has 1 fully saturated rings. The second kappa shape index (κ2) is 6.66. The molecule has 0 bridgehead atoms. The summed E-state index contributed by atoms with van der Waals surface area (Å²) >= 11 is 0. The van der Waals surface area contributed by atoms with Crippen LogP contribution in [-0.2, 0) is 0 Å². The molecule has 1 heterocycles. The lowest BCUT2D eigenvalue weighted by molar-refractivity contribution is 0.262. The molecule has 11 heavy (non-hydrogen) atoms. The molecule has 1 atom stereocenters. The van der Waals surface area contributed by atoms with Crippen molar-refractivity contribution in [2.24, 2.45) is 0 Å². The van der Waals surface area contributed by atoms with Gasteiger partial charge in [-0.15, -0.1) is 0 Å². The molecule has 0 spiro atoms. The first kappa shape index (κ1) is 11.0. The van der Waals surface area contributed by atoms with Gasteiger partial charge in [-0.05, 0) is 32.4 Å². The molecule has 1 unspecified atom stereocenters. The number of hydrogen-bond acceptors (Lipinski definition) is 1. The molecule has 0 amide bonds. The van der Waals surface area contributed by atoms with Crippen molar-refractivity contribution in [2.45, 2.75) is 53.0 Å². The average molecular weight is 157 g/mol. The van der Waals surface area contributed by atoms with E-state index < -0.39 is 0 Å². The van der Waals surface area contributed by atoms with Gasteiger partial charge in [0.15, 0.2) is 0 Å². The molecule has 1 aliphatic rings. The second-order valence-electron chi connectivity index (χ2n) is 2.83. The first-order valence-electron chi connectivity index (χ1n) is 5.12. The third-order valence-corrected chi connectivity index (χ3v) is 2.38. The Morgan fingerprint density at radius 1 is 1.27 bits per heavy atom. The van der Waals surface area contributed by atoms with E-state index in [2.05, 4.69) is 18.7 Å². The summed E-state index contributed by atoms with van der Waals surface area (Å²) in [6.07, 6.45) is 4.20. The third kappa shape index (κ3) is 3.24. The van der Waals surface area contributed by atoms with E-state index in [1.54, 1.807) is 0 Å². The molecule has 0 aromatic heterocycles. The molecule has 0 N–H and O–H groups in total. The largest absolute Gasteiger partial charge is 0.301 e. The molecular weight excluding hydrogens is 134 g/mol. The van der Waals surface area contributed by atoms with Crippen molar-refractivity contribution in [2.75, 3.05) is 13.1 Å². The maximum absolute atomic E-state index is 2.58. The first-order chi connectivity index (χ1) is 5.38. The van der Waals surface area contributed by atoms with E-state index in [4.69, 9.17) is 0 Å². The van der Waals surface area contributed by atoms with Gasteiger partial charge in [0, 0.05) is 6.04 Å². The number of likely N-dealkylation sites (tertiary alicyclic amines) is 1. The summed E-state index contributed by atoms with van der Waals surface area (Å²) in [5.41, 5.74) is 0. The number of hydrogen-bond donors (Lipinski definition) is 0. The lowest BCUT2D eigenvalue weighted by Gasteiger charge is -2.20. The molecule has 0 aromatic rings.